The summed E-state index contributed by atoms with van der Waals surface area (Å²) in [5.41, 5.74) is 5.25. The standard InChI is InChI=1S/C11H17N3O4S2/c1-8-5-9(10(12)13-6-8)20(17,18)14-11(2)3-4-19(15,16)7-11/h5-6,14H,3-4,7H2,1-2H3,(H2,12,13). The lowest BCUT2D eigenvalue weighted by Crippen LogP contribution is -2.46. The van der Waals surface area contributed by atoms with Crippen LogP contribution >= 0.6 is 0 Å². The van der Waals surface area contributed by atoms with Gasteiger partial charge in [0.25, 0.3) is 0 Å². The summed E-state index contributed by atoms with van der Waals surface area (Å²) in [6, 6.07) is 1.41. The minimum Gasteiger partial charge on any atom is -0.383 e. The van der Waals surface area contributed by atoms with Crippen LogP contribution in [0.15, 0.2) is 17.2 Å². The first kappa shape index (κ1) is 15.2. The molecule has 0 radical (unpaired) electrons. The number of nitrogens with one attached hydrogen (secondary N) is 1. The van der Waals surface area contributed by atoms with Crippen molar-refractivity contribution >= 4 is 25.7 Å². The summed E-state index contributed by atoms with van der Waals surface area (Å²) in [6.45, 7) is 3.28. The van der Waals surface area contributed by atoms with Gasteiger partial charge in [0, 0.05) is 11.7 Å². The van der Waals surface area contributed by atoms with Gasteiger partial charge >= 0.3 is 0 Å². The van der Waals surface area contributed by atoms with E-state index in [0.29, 0.717) is 5.56 Å². The van der Waals surface area contributed by atoms with Crippen molar-refractivity contribution in [1.29, 1.82) is 0 Å². The Morgan fingerprint density at radius 3 is 2.65 bits per heavy atom. The molecule has 2 heterocycles. The molecule has 0 bridgehead atoms. The molecule has 112 valence electrons. The Balaban J connectivity index is 2.35. The summed E-state index contributed by atoms with van der Waals surface area (Å²) in [7, 11) is -7.11. The van der Waals surface area contributed by atoms with Crippen LogP contribution in [0.5, 0.6) is 0 Å². The van der Waals surface area contributed by atoms with Gasteiger partial charge in [0.1, 0.15) is 10.7 Å². The summed E-state index contributed by atoms with van der Waals surface area (Å²) < 4.78 is 50.2. The van der Waals surface area contributed by atoms with E-state index in [4.69, 9.17) is 5.73 Å². The number of aromatic nitrogens is 1. The van der Waals surface area contributed by atoms with Crippen molar-refractivity contribution in [3.63, 3.8) is 0 Å². The molecule has 7 nitrogen and oxygen atoms in total. The maximum atomic E-state index is 12.4. The van der Waals surface area contributed by atoms with E-state index in [2.05, 4.69) is 9.71 Å². The molecule has 0 amide bonds. The third-order valence-electron chi connectivity index (χ3n) is 3.19. The second kappa shape index (κ2) is 4.68. The molecule has 1 unspecified atom stereocenters. The molecular weight excluding hydrogens is 302 g/mol. The zero-order chi connectivity index (χ0) is 15.2. The summed E-state index contributed by atoms with van der Waals surface area (Å²) in [4.78, 5) is 3.69. The van der Waals surface area contributed by atoms with Crippen molar-refractivity contribution in [2.75, 3.05) is 17.2 Å². The molecule has 1 atom stereocenters. The Hall–Kier alpha value is -1.19. The number of nitrogens with two attached hydrogens (primary N) is 1. The summed E-state index contributed by atoms with van der Waals surface area (Å²) in [6.07, 6.45) is 1.71. The molecule has 1 saturated heterocycles. The SMILES string of the molecule is Cc1cnc(N)c(S(=O)(=O)NC2(C)CCS(=O)(=O)C2)c1. The van der Waals surface area contributed by atoms with Crippen LogP contribution in [-0.2, 0) is 19.9 Å². The van der Waals surface area contributed by atoms with Gasteiger partial charge in [-0.3, -0.25) is 0 Å². The molecule has 1 aromatic heterocycles. The lowest BCUT2D eigenvalue weighted by atomic mass is 10.0. The highest BCUT2D eigenvalue weighted by Crippen LogP contribution is 2.26. The largest absolute Gasteiger partial charge is 0.383 e. The zero-order valence-electron chi connectivity index (χ0n) is 11.3. The first-order chi connectivity index (χ1) is 9.03. The Morgan fingerprint density at radius 1 is 1.45 bits per heavy atom. The van der Waals surface area contributed by atoms with Crippen LogP contribution in [0.1, 0.15) is 18.9 Å². The molecule has 1 aliphatic rings. The van der Waals surface area contributed by atoms with E-state index < -0.39 is 25.4 Å². The quantitative estimate of drug-likeness (QED) is 0.798. The number of rotatable bonds is 3. The smallest absolute Gasteiger partial charge is 0.244 e. The van der Waals surface area contributed by atoms with Crippen LogP contribution in [0.4, 0.5) is 5.82 Å². The Morgan fingerprint density at radius 2 is 2.10 bits per heavy atom. The highest BCUT2D eigenvalue weighted by atomic mass is 32.2. The fourth-order valence-electron chi connectivity index (χ4n) is 2.24. The molecule has 0 spiro atoms. The van der Waals surface area contributed by atoms with Crippen LogP contribution < -0.4 is 10.5 Å². The van der Waals surface area contributed by atoms with E-state index in [-0.39, 0.29) is 28.6 Å². The van der Waals surface area contributed by atoms with E-state index in [1.54, 1.807) is 13.8 Å². The number of anilines is 1. The van der Waals surface area contributed by atoms with Crippen LogP contribution in [0.25, 0.3) is 0 Å². The van der Waals surface area contributed by atoms with Gasteiger partial charge in [0.2, 0.25) is 10.0 Å². The predicted octanol–water partition coefficient (Wildman–Crippen LogP) is -0.172. The Kier molecular flexibility index (Phi) is 3.55. The van der Waals surface area contributed by atoms with Crippen molar-refractivity contribution in [2.45, 2.75) is 30.7 Å². The molecule has 3 N–H and O–H groups in total. The van der Waals surface area contributed by atoms with Gasteiger partial charge in [-0.25, -0.2) is 26.5 Å². The fourth-order valence-corrected chi connectivity index (χ4v) is 6.03. The number of nitrogens with zero attached hydrogens (tertiary/aromatic N) is 1. The van der Waals surface area contributed by atoms with Crippen molar-refractivity contribution in [1.82, 2.24) is 9.71 Å². The molecule has 9 heteroatoms. The van der Waals surface area contributed by atoms with Gasteiger partial charge < -0.3 is 5.73 Å². The van der Waals surface area contributed by atoms with Gasteiger partial charge in [0.05, 0.1) is 11.5 Å². The van der Waals surface area contributed by atoms with Crippen LogP contribution in [0.3, 0.4) is 0 Å². The maximum absolute atomic E-state index is 12.4. The highest BCUT2D eigenvalue weighted by molar-refractivity contribution is 7.92. The average Bonchev–Trinajstić information content (AvgIpc) is 2.55. The first-order valence-electron chi connectivity index (χ1n) is 6.00. The molecule has 0 aliphatic carbocycles. The molecule has 20 heavy (non-hydrogen) atoms. The summed E-state index contributed by atoms with van der Waals surface area (Å²) >= 11 is 0. The van der Waals surface area contributed by atoms with Crippen molar-refractivity contribution in [2.24, 2.45) is 0 Å². The van der Waals surface area contributed by atoms with Crippen LogP contribution in [0, 0.1) is 6.92 Å². The van der Waals surface area contributed by atoms with Gasteiger partial charge in [-0.15, -0.1) is 0 Å². The molecule has 0 aromatic carbocycles. The summed E-state index contributed by atoms with van der Waals surface area (Å²) in [5, 5.41) is 0. The average molecular weight is 319 g/mol. The molecule has 2 rings (SSSR count). The monoisotopic (exact) mass is 319 g/mol. The fraction of sp³-hybridized carbons (Fsp3) is 0.545. The van der Waals surface area contributed by atoms with Gasteiger partial charge in [-0.2, -0.15) is 0 Å². The highest BCUT2D eigenvalue weighted by Gasteiger charge is 2.41. The first-order valence-corrected chi connectivity index (χ1v) is 9.30. The van der Waals surface area contributed by atoms with Gasteiger partial charge in [-0.05, 0) is 31.9 Å². The second-order valence-electron chi connectivity index (χ2n) is 5.40. The Labute approximate surface area is 118 Å². The lowest BCUT2D eigenvalue weighted by molar-refractivity contribution is 0.462. The maximum Gasteiger partial charge on any atom is 0.244 e. The molecule has 1 aliphatic heterocycles. The summed E-state index contributed by atoms with van der Waals surface area (Å²) in [5.74, 6) is -0.334. The van der Waals surface area contributed by atoms with Crippen molar-refractivity contribution in [3.05, 3.63) is 17.8 Å². The second-order valence-corrected chi connectivity index (χ2v) is 9.24. The molecular formula is C11H17N3O4S2. The van der Waals surface area contributed by atoms with Crippen molar-refractivity contribution in [3.8, 4) is 0 Å². The number of hydrogen-bond acceptors (Lipinski definition) is 6. The lowest BCUT2D eigenvalue weighted by Gasteiger charge is -2.23. The minimum atomic E-state index is -3.91. The third kappa shape index (κ3) is 3.10. The van der Waals surface area contributed by atoms with Crippen LogP contribution in [0.2, 0.25) is 0 Å². The number of pyridine rings is 1. The predicted molar refractivity (Wildman–Crippen MR) is 75.4 cm³/mol. The van der Waals surface area contributed by atoms with E-state index in [9.17, 15) is 16.8 Å². The molecule has 0 saturated carbocycles. The van der Waals surface area contributed by atoms with E-state index in [1.165, 1.54) is 12.3 Å². The van der Waals surface area contributed by atoms with Crippen molar-refractivity contribution < 1.29 is 16.8 Å². The number of aryl methyl sites for hydroxylation is 1. The number of nitrogen functional groups attached to an aromatic ring is 1. The number of hydrogen-bond donors (Lipinski definition) is 2. The van der Waals surface area contributed by atoms with E-state index >= 15 is 0 Å². The van der Waals surface area contributed by atoms with E-state index in [0.717, 1.165) is 0 Å². The topological polar surface area (TPSA) is 119 Å². The normalized spacial score (nSPS) is 25.7. The number of sulfonamides is 1. The zero-order valence-corrected chi connectivity index (χ0v) is 12.9. The minimum absolute atomic E-state index is 0.0203. The Bertz CT molecular complexity index is 743. The van der Waals surface area contributed by atoms with Gasteiger partial charge in [-0.1, -0.05) is 0 Å². The van der Waals surface area contributed by atoms with E-state index in [1.807, 2.05) is 0 Å². The number of sulfone groups is 1. The third-order valence-corrected chi connectivity index (χ3v) is 6.76. The molecule has 1 fully saturated rings. The van der Waals surface area contributed by atoms with Crippen LogP contribution in [-0.4, -0.2) is 38.9 Å². The van der Waals surface area contributed by atoms with Gasteiger partial charge in [0.15, 0.2) is 9.84 Å². The molecule has 1 aromatic rings.